The predicted octanol–water partition coefficient (Wildman–Crippen LogP) is 2.97. The molecule has 17 heavy (non-hydrogen) atoms. The van der Waals surface area contributed by atoms with E-state index < -0.39 is 0 Å². The fraction of sp³-hybridized carbons (Fsp3) is 0.571. The monoisotopic (exact) mass is 229 g/mol. The van der Waals surface area contributed by atoms with Crippen LogP contribution in [0.5, 0.6) is 0 Å². The molecule has 1 fully saturated rings. The Morgan fingerprint density at radius 1 is 1.41 bits per heavy atom. The molecule has 0 bridgehead atoms. The van der Waals surface area contributed by atoms with Gasteiger partial charge in [0, 0.05) is 19.8 Å². The van der Waals surface area contributed by atoms with Crippen LogP contribution >= 0.6 is 0 Å². The highest BCUT2D eigenvalue weighted by atomic mass is 15.1. The van der Waals surface area contributed by atoms with E-state index in [1.807, 2.05) is 12.1 Å². The molecule has 1 aliphatic carbocycles. The van der Waals surface area contributed by atoms with Gasteiger partial charge in [0.2, 0.25) is 0 Å². The van der Waals surface area contributed by atoms with Gasteiger partial charge >= 0.3 is 0 Å². The summed E-state index contributed by atoms with van der Waals surface area (Å²) in [5.41, 5.74) is 1.49. The van der Waals surface area contributed by atoms with Crippen LogP contribution in [0.2, 0.25) is 0 Å². The van der Waals surface area contributed by atoms with E-state index in [9.17, 15) is 0 Å². The van der Waals surface area contributed by atoms with Crippen molar-refractivity contribution in [1.29, 1.82) is 5.26 Å². The number of anilines is 1. The SMILES string of the molecule is CN(CC1CCCCC1)c1cccnc1C#N. The van der Waals surface area contributed by atoms with Crippen molar-refractivity contribution in [3.05, 3.63) is 24.0 Å². The summed E-state index contributed by atoms with van der Waals surface area (Å²) in [5.74, 6) is 0.778. The highest BCUT2D eigenvalue weighted by molar-refractivity contribution is 5.55. The van der Waals surface area contributed by atoms with Crippen LogP contribution in [-0.4, -0.2) is 18.6 Å². The van der Waals surface area contributed by atoms with Crippen molar-refractivity contribution in [1.82, 2.24) is 4.98 Å². The minimum absolute atomic E-state index is 0.533. The number of hydrogen-bond acceptors (Lipinski definition) is 3. The van der Waals surface area contributed by atoms with Crippen molar-refractivity contribution < 1.29 is 0 Å². The van der Waals surface area contributed by atoms with Crippen molar-refractivity contribution >= 4 is 5.69 Å². The molecule has 2 rings (SSSR count). The molecule has 0 saturated heterocycles. The van der Waals surface area contributed by atoms with Gasteiger partial charge in [0.1, 0.15) is 6.07 Å². The van der Waals surface area contributed by atoms with Gasteiger partial charge in [-0.25, -0.2) is 4.98 Å². The van der Waals surface area contributed by atoms with E-state index in [2.05, 4.69) is 23.0 Å². The zero-order chi connectivity index (χ0) is 12.1. The zero-order valence-electron chi connectivity index (χ0n) is 10.4. The second kappa shape index (κ2) is 5.67. The first-order valence-corrected chi connectivity index (χ1v) is 6.37. The number of nitriles is 1. The average Bonchev–Trinajstić information content (AvgIpc) is 2.40. The third-order valence-electron chi connectivity index (χ3n) is 3.56. The summed E-state index contributed by atoms with van der Waals surface area (Å²) >= 11 is 0. The number of aromatic nitrogens is 1. The van der Waals surface area contributed by atoms with Gasteiger partial charge in [-0.1, -0.05) is 19.3 Å². The highest BCUT2D eigenvalue weighted by Crippen LogP contribution is 2.26. The van der Waals surface area contributed by atoms with Gasteiger partial charge in [0.15, 0.2) is 5.69 Å². The number of rotatable bonds is 3. The average molecular weight is 229 g/mol. The topological polar surface area (TPSA) is 39.9 Å². The van der Waals surface area contributed by atoms with Gasteiger partial charge in [-0.3, -0.25) is 0 Å². The number of nitrogens with zero attached hydrogens (tertiary/aromatic N) is 3. The summed E-state index contributed by atoms with van der Waals surface area (Å²) < 4.78 is 0. The molecule has 0 spiro atoms. The molecule has 0 N–H and O–H groups in total. The van der Waals surface area contributed by atoms with Gasteiger partial charge in [-0.15, -0.1) is 0 Å². The molecule has 0 unspecified atom stereocenters. The maximum atomic E-state index is 9.03. The molecule has 0 radical (unpaired) electrons. The fourth-order valence-corrected chi connectivity index (χ4v) is 2.65. The molecule has 1 aromatic heterocycles. The Balaban J connectivity index is 2.03. The van der Waals surface area contributed by atoms with Crippen LogP contribution < -0.4 is 4.90 Å². The van der Waals surface area contributed by atoms with E-state index in [1.54, 1.807) is 6.20 Å². The molecule has 0 aliphatic heterocycles. The molecule has 1 aromatic rings. The van der Waals surface area contributed by atoms with Crippen molar-refractivity contribution in [3.63, 3.8) is 0 Å². The first-order chi connectivity index (χ1) is 8.31. The Bertz CT molecular complexity index is 402. The minimum atomic E-state index is 0.533. The van der Waals surface area contributed by atoms with Crippen LogP contribution in [0.25, 0.3) is 0 Å². The van der Waals surface area contributed by atoms with E-state index in [0.717, 1.165) is 18.2 Å². The summed E-state index contributed by atoms with van der Waals surface area (Å²) in [7, 11) is 2.06. The Kier molecular flexibility index (Phi) is 3.98. The molecule has 0 amide bonds. The van der Waals surface area contributed by atoms with E-state index in [-0.39, 0.29) is 0 Å². The van der Waals surface area contributed by atoms with Crippen LogP contribution in [-0.2, 0) is 0 Å². The number of pyridine rings is 1. The Morgan fingerprint density at radius 2 is 2.18 bits per heavy atom. The molecular weight excluding hydrogens is 210 g/mol. The largest absolute Gasteiger partial charge is 0.372 e. The fourth-order valence-electron chi connectivity index (χ4n) is 2.65. The first kappa shape index (κ1) is 11.9. The van der Waals surface area contributed by atoms with Crippen LogP contribution in [0, 0.1) is 17.2 Å². The van der Waals surface area contributed by atoms with Gasteiger partial charge in [0.05, 0.1) is 5.69 Å². The molecule has 3 nitrogen and oxygen atoms in total. The van der Waals surface area contributed by atoms with Gasteiger partial charge in [0.25, 0.3) is 0 Å². The van der Waals surface area contributed by atoms with Crippen molar-refractivity contribution in [2.24, 2.45) is 5.92 Å². The Labute approximate surface area is 103 Å². The maximum absolute atomic E-state index is 9.03. The molecule has 1 saturated carbocycles. The van der Waals surface area contributed by atoms with E-state index in [4.69, 9.17) is 5.26 Å². The third kappa shape index (κ3) is 2.97. The first-order valence-electron chi connectivity index (χ1n) is 6.37. The van der Waals surface area contributed by atoms with Crippen LogP contribution in [0.1, 0.15) is 37.8 Å². The van der Waals surface area contributed by atoms with Crippen LogP contribution in [0.15, 0.2) is 18.3 Å². The summed E-state index contributed by atoms with van der Waals surface area (Å²) in [4.78, 5) is 6.29. The van der Waals surface area contributed by atoms with Gasteiger partial charge in [-0.05, 0) is 30.9 Å². The summed E-state index contributed by atoms with van der Waals surface area (Å²) in [6.45, 7) is 1.04. The normalized spacial score (nSPS) is 16.5. The molecular formula is C14H19N3. The number of hydrogen-bond donors (Lipinski definition) is 0. The molecule has 0 aromatic carbocycles. The molecule has 1 heterocycles. The smallest absolute Gasteiger partial charge is 0.163 e. The standard InChI is InChI=1S/C14H19N3/c1-17(11-12-6-3-2-4-7-12)14-8-5-9-16-13(14)10-15/h5,8-9,12H,2-4,6-7,11H2,1H3. The molecule has 3 heteroatoms. The molecule has 90 valence electrons. The van der Waals surface area contributed by atoms with Crippen molar-refractivity contribution in [2.45, 2.75) is 32.1 Å². The van der Waals surface area contributed by atoms with Crippen LogP contribution in [0.3, 0.4) is 0 Å². The van der Waals surface area contributed by atoms with Gasteiger partial charge < -0.3 is 4.90 Å². The Morgan fingerprint density at radius 3 is 2.88 bits per heavy atom. The van der Waals surface area contributed by atoms with Crippen molar-refractivity contribution in [3.8, 4) is 6.07 Å². The lowest BCUT2D eigenvalue weighted by atomic mass is 9.89. The van der Waals surface area contributed by atoms with Gasteiger partial charge in [-0.2, -0.15) is 5.26 Å². The lowest BCUT2D eigenvalue weighted by molar-refractivity contribution is 0.362. The quantitative estimate of drug-likeness (QED) is 0.800. The molecule has 0 atom stereocenters. The lowest BCUT2D eigenvalue weighted by Crippen LogP contribution is -2.27. The second-order valence-corrected chi connectivity index (χ2v) is 4.87. The Hall–Kier alpha value is -1.56. The zero-order valence-corrected chi connectivity index (χ0v) is 10.4. The van der Waals surface area contributed by atoms with Crippen LogP contribution in [0.4, 0.5) is 5.69 Å². The second-order valence-electron chi connectivity index (χ2n) is 4.87. The summed E-state index contributed by atoms with van der Waals surface area (Å²) in [6, 6.07) is 6.04. The maximum Gasteiger partial charge on any atom is 0.163 e. The minimum Gasteiger partial charge on any atom is -0.372 e. The summed E-state index contributed by atoms with van der Waals surface area (Å²) in [5, 5.41) is 9.03. The molecule has 1 aliphatic rings. The van der Waals surface area contributed by atoms with E-state index in [0.29, 0.717) is 5.69 Å². The predicted molar refractivity (Wildman–Crippen MR) is 68.8 cm³/mol. The van der Waals surface area contributed by atoms with Crippen molar-refractivity contribution in [2.75, 3.05) is 18.5 Å². The highest BCUT2D eigenvalue weighted by Gasteiger charge is 2.17. The van der Waals surface area contributed by atoms with E-state index in [1.165, 1.54) is 32.1 Å². The third-order valence-corrected chi connectivity index (χ3v) is 3.56. The lowest BCUT2D eigenvalue weighted by Gasteiger charge is -2.28. The van der Waals surface area contributed by atoms with E-state index >= 15 is 0 Å². The summed E-state index contributed by atoms with van der Waals surface area (Å²) in [6.07, 6.45) is 8.43.